The minimum atomic E-state index is -0.930. The van der Waals surface area contributed by atoms with E-state index in [1.54, 1.807) is 12.1 Å². The molecular weight excluding hydrogens is 360 g/mol. The number of rotatable bonds is 5. The smallest absolute Gasteiger partial charge is 0.307 e. The number of carboxylic acid groups (broad SMARTS) is 1. The van der Waals surface area contributed by atoms with Crippen molar-refractivity contribution in [2.24, 2.45) is 23.7 Å². The van der Waals surface area contributed by atoms with Crippen LogP contribution >= 0.6 is 0 Å². The largest absolute Gasteiger partial charge is 0.484 e. The van der Waals surface area contributed by atoms with Gasteiger partial charge in [-0.1, -0.05) is 32.9 Å². The summed E-state index contributed by atoms with van der Waals surface area (Å²) >= 11 is 0. The minimum Gasteiger partial charge on any atom is -0.484 e. The zero-order valence-corrected chi connectivity index (χ0v) is 16.5. The fourth-order valence-corrected chi connectivity index (χ4v) is 4.47. The Morgan fingerprint density at radius 3 is 2.21 bits per heavy atom. The van der Waals surface area contributed by atoms with Gasteiger partial charge in [-0.2, -0.15) is 0 Å². The zero-order valence-electron chi connectivity index (χ0n) is 16.5. The number of amides is 2. The second-order valence-electron chi connectivity index (χ2n) is 8.82. The molecule has 152 valence electrons. The second-order valence-corrected chi connectivity index (χ2v) is 8.82. The average Bonchev–Trinajstić information content (AvgIpc) is 3.25. The van der Waals surface area contributed by atoms with Gasteiger partial charge in [0.25, 0.3) is 5.91 Å². The molecule has 4 atom stereocenters. The molecule has 0 aliphatic heterocycles. The summed E-state index contributed by atoms with van der Waals surface area (Å²) < 4.78 is 5.44. The molecule has 2 aliphatic rings. The Kier molecular flexibility index (Phi) is 5.63. The fraction of sp³-hybridized carbons (Fsp3) is 0.571. The van der Waals surface area contributed by atoms with Crippen LogP contribution < -0.4 is 15.6 Å². The standard InChI is InChI=1S/C21H28N2O5/c1-21(2,3)14-6-8-15(9-7-14)28-11-16(24)22-23-19(25)17-12-4-5-13(10-12)18(17)20(26)27/h6-9,12-13,17-18H,4-5,10-11H2,1-3H3,(H,22,24)(H,23,25)(H,26,27)/t12-,13-,17+,18+/m0/s1. The van der Waals surface area contributed by atoms with Crippen molar-refractivity contribution in [3.63, 3.8) is 0 Å². The van der Waals surface area contributed by atoms with E-state index in [0.717, 1.165) is 24.8 Å². The van der Waals surface area contributed by atoms with E-state index < -0.39 is 29.6 Å². The lowest BCUT2D eigenvalue weighted by Crippen LogP contribution is -2.49. The highest BCUT2D eigenvalue weighted by atomic mass is 16.5. The Morgan fingerprint density at radius 2 is 1.64 bits per heavy atom. The summed E-state index contributed by atoms with van der Waals surface area (Å²) in [7, 11) is 0. The van der Waals surface area contributed by atoms with Crippen molar-refractivity contribution in [1.82, 2.24) is 10.9 Å². The van der Waals surface area contributed by atoms with E-state index >= 15 is 0 Å². The molecule has 1 aromatic rings. The zero-order chi connectivity index (χ0) is 20.5. The number of fused-ring (bicyclic) bond motifs is 2. The van der Waals surface area contributed by atoms with Crippen LogP contribution in [0.25, 0.3) is 0 Å². The molecule has 2 bridgehead atoms. The molecule has 7 heteroatoms. The third-order valence-corrected chi connectivity index (χ3v) is 5.92. The van der Waals surface area contributed by atoms with E-state index in [9.17, 15) is 19.5 Å². The van der Waals surface area contributed by atoms with Crippen LogP contribution in [0, 0.1) is 23.7 Å². The number of nitrogens with one attached hydrogen (secondary N) is 2. The third-order valence-electron chi connectivity index (χ3n) is 5.92. The maximum absolute atomic E-state index is 12.4. The summed E-state index contributed by atoms with van der Waals surface area (Å²) in [6.07, 6.45) is 2.50. The van der Waals surface area contributed by atoms with Crippen molar-refractivity contribution >= 4 is 17.8 Å². The summed E-state index contributed by atoms with van der Waals surface area (Å²) in [5.74, 6) is -2.38. The molecule has 3 N–H and O–H groups in total. The van der Waals surface area contributed by atoms with Crippen LogP contribution in [0.1, 0.15) is 45.6 Å². The van der Waals surface area contributed by atoms with Crippen molar-refractivity contribution in [3.05, 3.63) is 29.8 Å². The van der Waals surface area contributed by atoms with E-state index in [-0.39, 0.29) is 23.9 Å². The summed E-state index contributed by atoms with van der Waals surface area (Å²) in [6.45, 7) is 6.10. The molecular formula is C21H28N2O5. The highest BCUT2D eigenvalue weighted by molar-refractivity contribution is 5.88. The van der Waals surface area contributed by atoms with Gasteiger partial charge in [-0.05, 0) is 54.2 Å². The van der Waals surface area contributed by atoms with Crippen LogP contribution in [0.5, 0.6) is 5.75 Å². The molecule has 7 nitrogen and oxygen atoms in total. The molecule has 0 unspecified atom stereocenters. The Labute approximate surface area is 164 Å². The Morgan fingerprint density at radius 1 is 1.04 bits per heavy atom. The van der Waals surface area contributed by atoms with Gasteiger partial charge in [-0.3, -0.25) is 25.2 Å². The maximum Gasteiger partial charge on any atom is 0.307 e. The molecule has 0 saturated heterocycles. The van der Waals surface area contributed by atoms with E-state index in [1.165, 1.54) is 0 Å². The van der Waals surface area contributed by atoms with E-state index in [0.29, 0.717) is 5.75 Å². The molecule has 0 spiro atoms. The van der Waals surface area contributed by atoms with Gasteiger partial charge in [0.2, 0.25) is 5.91 Å². The van der Waals surface area contributed by atoms with Gasteiger partial charge in [0.15, 0.2) is 6.61 Å². The van der Waals surface area contributed by atoms with E-state index in [1.807, 2.05) is 12.1 Å². The highest BCUT2D eigenvalue weighted by Gasteiger charge is 2.54. The molecule has 2 aliphatic carbocycles. The first-order valence-corrected chi connectivity index (χ1v) is 9.71. The number of carbonyl (C=O) groups is 3. The first-order chi connectivity index (χ1) is 13.2. The lowest BCUT2D eigenvalue weighted by atomic mass is 9.79. The lowest BCUT2D eigenvalue weighted by Gasteiger charge is -2.26. The van der Waals surface area contributed by atoms with Crippen molar-refractivity contribution in [3.8, 4) is 5.75 Å². The van der Waals surface area contributed by atoms with Gasteiger partial charge in [0.1, 0.15) is 5.75 Å². The van der Waals surface area contributed by atoms with Crippen molar-refractivity contribution < 1.29 is 24.2 Å². The van der Waals surface area contributed by atoms with Crippen LogP contribution in [0.15, 0.2) is 24.3 Å². The van der Waals surface area contributed by atoms with Crippen molar-refractivity contribution in [2.45, 2.75) is 45.4 Å². The first-order valence-electron chi connectivity index (χ1n) is 9.71. The minimum absolute atomic E-state index is 0.0354. The molecule has 3 rings (SSSR count). The lowest BCUT2D eigenvalue weighted by molar-refractivity contribution is -0.150. The molecule has 0 aromatic heterocycles. The van der Waals surface area contributed by atoms with Crippen LogP contribution in [-0.2, 0) is 19.8 Å². The van der Waals surface area contributed by atoms with E-state index in [2.05, 4.69) is 31.6 Å². The maximum atomic E-state index is 12.4. The number of carbonyl (C=O) groups excluding carboxylic acids is 2. The number of hydrogen-bond acceptors (Lipinski definition) is 4. The number of aliphatic carboxylic acids is 1. The molecule has 2 amide bonds. The molecule has 2 saturated carbocycles. The number of ether oxygens (including phenoxy) is 1. The molecule has 28 heavy (non-hydrogen) atoms. The first kappa shape index (κ1) is 20.2. The summed E-state index contributed by atoms with van der Waals surface area (Å²) in [4.78, 5) is 35.9. The molecule has 0 heterocycles. The van der Waals surface area contributed by atoms with Crippen LogP contribution in [-0.4, -0.2) is 29.5 Å². The summed E-state index contributed by atoms with van der Waals surface area (Å²) in [5.41, 5.74) is 5.90. The van der Waals surface area contributed by atoms with Gasteiger partial charge in [-0.25, -0.2) is 0 Å². The predicted octanol–water partition coefficient (Wildman–Crippen LogP) is 2.26. The fourth-order valence-electron chi connectivity index (χ4n) is 4.47. The number of hydrogen-bond donors (Lipinski definition) is 3. The number of benzene rings is 1. The highest BCUT2D eigenvalue weighted by Crippen LogP contribution is 2.52. The number of carboxylic acids is 1. The monoisotopic (exact) mass is 388 g/mol. The van der Waals surface area contributed by atoms with Crippen molar-refractivity contribution in [2.75, 3.05) is 6.61 Å². The van der Waals surface area contributed by atoms with Crippen LogP contribution in [0.4, 0.5) is 0 Å². The van der Waals surface area contributed by atoms with Crippen molar-refractivity contribution in [1.29, 1.82) is 0 Å². The van der Waals surface area contributed by atoms with Gasteiger partial charge < -0.3 is 9.84 Å². The Hall–Kier alpha value is -2.57. The normalized spacial score (nSPS) is 26.0. The topological polar surface area (TPSA) is 105 Å². The van der Waals surface area contributed by atoms with Gasteiger partial charge >= 0.3 is 5.97 Å². The Balaban J connectivity index is 1.47. The van der Waals surface area contributed by atoms with Crippen LogP contribution in [0.2, 0.25) is 0 Å². The summed E-state index contributed by atoms with van der Waals surface area (Å²) in [5, 5.41) is 9.42. The SMILES string of the molecule is CC(C)(C)c1ccc(OCC(=O)NNC(=O)[C@@H]2[C@H]3CC[C@@H](C3)[C@H]2C(=O)O)cc1. The van der Waals surface area contributed by atoms with Gasteiger partial charge in [-0.15, -0.1) is 0 Å². The Bertz CT molecular complexity index is 753. The number of hydrazine groups is 1. The van der Waals surface area contributed by atoms with Crippen LogP contribution in [0.3, 0.4) is 0 Å². The summed E-state index contributed by atoms with van der Waals surface area (Å²) in [6, 6.07) is 7.52. The molecule has 2 fully saturated rings. The van der Waals surface area contributed by atoms with Gasteiger partial charge in [0, 0.05) is 0 Å². The third kappa shape index (κ3) is 4.29. The molecule has 0 radical (unpaired) electrons. The molecule has 1 aromatic carbocycles. The van der Waals surface area contributed by atoms with Gasteiger partial charge in [0.05, 0.1) is 11.8 Å². The van der Waals surface area contributed by atoms with E-state index in [4.69, 9.17) is 4.74 Å². The average molecular weight is 388 g/mol. The quantitative estimate of drug-likeness (QED) is 0.671. The second kappa shape index (κ2) is 7.81. The predicted molar refractivity (Wildman–Crippen MR) is 102 cm³/mol.